The Hall–Kier alpha value is -4.00. The minimum atomic E-state index is -0.673. The van der Waals surface area contributed by atoms with Gasteiger partial charge in [-0.2, -0.15) is 0 Å². The van der Waals surface area contributed by atoms with Gasteiger partial charge in [-0.3, -0.25) is 14.6 Å². The summed E-state index contributed by atoms with van der Waals surface area (Å²) in [6.45, 7) is 2.95. The van der Waals surface area contributed by atoms with Crippen molar-refractivity contribution in [1.29, 1.82) is 0 Å². The number of likely N-dealkylation sites (tertiary alicyclic amines) is 1. The highest BCUT2D eigenvalue weighted by Crippen LogP contribution is 2.29. The molecule has 5 rings (SSSR count). The van der Waals surface area contributed by atoms with Crippen LogP contribution in [0.4, 0.5) is 4.79 Å². The molecule has 1 fully saturated rings. The lowest BCUT2D eigenvalue weighted by molar-refractivity contribution is -0.0594. The molecule has 34 heavy (non-hydrogen) atoms. The molecule has 3 amide bonds. The van der Waals surface area contributed by atoms with E-state index in [9.17, 15) is 14.4 Å². The molecular weight excluding hydrogens is 430 g/mol. The molecule has 7 heteroatoms. The van der Waals surface area contributed by atoms with Crippen molar-refractivity contribution < 1.29 is 19.2 Å². The molecule has 3 heterocycles. The Morgan fingerprint density at radius 2 is 1.68 bits per heavy atom. The zero-order valence-corrected chi connectivity index (χ0v) is 18.9. The molecule has 7 nitrogen and oxygen atoms in total. The van der Waals surface area contributed by atoms with Crippen LogP contribution in [0.5, 0.6) is 0 Å². The van der Waals surface area contributed by atoms with E-state index >= 15 is 0 Å². The molecule has 0 aliphatic carbocycles. The van der Waals surface area contributed by atoms with Gasteiger partial charge in [-0.05, 0) is 61.9 Å². The van der Waals surface area contributed by atoms with Gasteiger partial charge in [0.2, 0.25) is 0 Å². The molecule has 2 aromatic carbocycles. The number of aromatic nitrogens is 1. The number of nitrogens with zero attached hydrogens (tertiary/aromatic N) is 3. The SMILES string of the molecule is Cc1cccc(-c2ccc3c(c2)C(=O)N(OC(=O)N2CCC(Cc4ccccc4)CC2)C3=O)n1. The fraction of sp³-hybridized carbons (Fsp3) is 0.259. The summed E-state index contributed by atoms with van der Waals surface area (Å²) in [5, 5.41) is 0.580. The highest BCUT2D eigenvalue weighted by molar-refractivity contribution is 6.21. The molecular formula is C27H25N3O4. The maximum Gasteiger partial charge on any atom is 0.434 e. The van der Waals surface area contributed by atoms with Gasteiger partial charge >= 0.3 is 6.09 Å². The average Bonchev–Trinajstić information content (AvgIpc) is 3.09. The predicted molar refractivity (Wildman–Crippen MR) is 126 cm³/mol. The summed E-state index contributed by atoms with van der Waals surface area (Å²) in [4.78, 5) is 49.7. The van der Waals surface area contributed by atoms with E-state index in [0.717, 1.165) is 30.5 Å². The third-order valence-electron chi connectivity index (χ3n) is 6.44. The lowest BCUT2D eigenvalue weighted by atomic mass is 9.90. The van der Waals surface area contributed by atoms with Crippen LogP contribution in [-0.2, 0) is 11.3 Å². The average molecular weight is 456 g/mol. The number of aryl methyl sites for hydroxylation is 1. The molecule has 172 valence electrons. The first-order valence-corrected chi connectivity index (χ1v) is 11.5. The quantitative estimate of drug-likeness (QED) is 0.535. The second-order valence-electron chi connectivity index (χ2n) is 8.81. The van der Waals surface area contributed by atoms with E-state index < -0.39 is 17.9 Å². The number of benzene rings is 2. The lowest BCUT2D eigenvalue weighted by Gasteiger charge is -2.31. The number of hydroxylamine groups is 2. The molecule has 1 saturated heterocycles. The zero-order chi connectivity index (χ0) is 23.7. The number of pyridine rings is 1. The smallest absolute Gasteiger partial charge is 0.310 e. The van der Waals surface area contributed by atoms with Gasteiger partial charge in [0.25, 0.3) is 11.8 Å². The number of piperidine rings is 1. The Kier molecular flexibility index (Phi) is 5.84. The second kappa shape index (κ2) is 9.09. The van der Waals surface area contributed by atoms with Gasteiger partial charge in [-0.15, -0.1) is 0 Å². The minimum Gasteiger partial charge on any atom is -0.310 e. The fourth-order valence-corrected chi connectivity index (χ4v) is 4.57. The monoisotopic (exact) mass is 455 g/mol. The first-order chi connectivity index (χ1) is 16.5. The van der Waals surface area contributed by atoms with Gasteiger partial charge in [0, 0.05) is 24.3 Å². The Bertz CT molecular complexity index is 1250. The van der Waals surface area contributed by atoms with Gasteiger partial charge < -0.3 is 9.74 Å². The number of rotatable bonds is 4. The van der Waals surface area contributed by atoms with E-state index in [0.29, 0.717) is 29.8 Å². The van der Waals surface area contributed by atoms with Crippen molar-refractivity contribution in [2.45, 2.75) is 26.2 Å². The summed E-state index contributed by atoms with van der Waals surface area (Å²) in [5.41, 5.74) is 3.99. The number of carbonyl (C=O) groups excluding carboxylic acids is 3. The molecule has 0 saturated carbocycles. The van der Waals surface area contributed by atoms with Crippen molar-refractivity contribution in [3.05, 3.63) is 89.1 Å². The van der Waals surface area contributed by atoms with Crippen LogP contribution in [0.25, 0.3) is 11.3 Å². The van der Waals surface area contributed by atoms with Crippen LogP contribution in [0.3, 0.4) is 0 Å². The Morgan fingerprint density at radius 3 is 2.41 bits per heavy atom. The van der Waals surface area contributed by atoms with Crippen molar-refractivity contribution in [2.75, 3.05) is 13.1 Å². The lowest BCUT2D eigenvalue weighted by Crippen LogP contribution is -2.43. The summed E-state index contributed by atoms with van der Waals surface area (Å²) in [6, 6.07) is 20.9. The van der Waals surface area contributed by atoms with Crippen LogP contribution in [0, 0.1) is 12.8 Å². The number of fused-ring (bicyclic) bond motifs is 1. The summed E-state index contributed by atoms with van der Waals surface area (Å²) in [5.74, 6) is -0.780. The second-order valence-corrected chi connectivity index (χ2v) is 8.81. The van der Waals surface area contributed by atoms with Crippen LogP contribution in [0.15, 0.2) is 66.7 Å². The fourth-order valence-electron chi connectivity index (χ4n) is 4.57. The van der Waals surface area contributed by atoms with Crippen LogP contribution < -0.4 is 0 Å². The number of amides is 3. The van der Waals surface area contributed by atoms with Gasteiger partial charge in [-0.1, -0.05) is 47.5 Å². The zero-order valence-electron chi connectivity index (χ0n) is 18.9. The standard InChI is InChI=1S/C27H25N3O4/c1-18-6-5-9-24(28-18)21-10-11-22-23(17-21)26(32)30(25(22)31)34-27(33)29-14-12-20(13-15-29)16-19-7-3-2-4-8-19/h2-11,17,20H,12-16H2,1H3. The van der Waals surface area contributed by atoms with E-state index in [-0.39, 0.29) is 11.1 Å². The molecule has 3 aromatic rings. The normalized spacial score (nSPS) is 16.0. The van der Waals surface area contributed by atoms with Gasteiger partial charge in [0.15, 0.2) is 0 Å². The third kappa shape index (κ3) is 4.29. The van der Waals surface area contributed by atoms with Crippen LogP contribution >= 0.6 is 0 Å². The first-order valence-electron chi connectivity index (χ1n) is 11.5. The number of carbonyl (C=O) groups is 3. The molecule has 0 radical (unpaired) electrons. The van der Waals surface area contributed by atoms with Crippen LogP contribution in [-0.4, -0.2) is 45.9 Å². The summed E-state index contributed by atoms with van der Waals surface area (Å²) >= 11 is 0. The van der Waals surface area contributed by atoms with E-state index in [1.807, 2.05) is 43.3 Å². The van der Waals surface area contributed by atoms with Crippen molar-refractivity contribution >= 4 is 17.9 Å². The Labute approximate surface area is 197 Å². The van der Waals surface area contributed by atoms with Crippen molar-refractivity contribution in [1.82, 2.24) is 14.9 Å². The van der Waals surface area contributed by atoms with Crippen molar-refractivity contribution in [3.63, 3.8) is 0 Å². The molecule has 0 spiro atoms. The van der Waals surface area contributed by atoms with Crippen LogP contribution in [0.1, 0.15) is 44.8 Å². The number of hydrogen-bond donors (Lipinski definition) is 0. The predicted octanol–water partition coefficient (Wildman–Crippen LogP) is 4.66. The number of hydrogen-bond acceptors (Lipinski definition) is 5. The third-order valence-corrected chi connectivity index (χ3v) is 6.44. The summed E-state index contributed by atoms with van der Waals surface area (Å²) in [6.07, 6.45) is 1.99. The highest BCUT2D eigenvalue weighted by Gasteiger charge is 2.40. The van der Waals surface area contributed by atoms with Crippen LogP contribution in [0.2, 0.25) is 0 Å². The topological polar surface area (TPSA) is 79.8 Å². The molecule has 0 bridgehead atoms. The number of imide groups is 1. The molecule has 0 atom stereocenters. The van der Waals surface area contributed by atoms with E-state index in [2.05, 4.69) is 17.1 Å². The first kappa shape index (κ1) is 21.8. The maximum absolute atomic E-state index is 12.9. The Morgan fingerprint density at radius 1 is 0.941 bits per heavy atom. The van der Waals surface area contributed by atoms with Crippen molar-refractivity contribution in [2.24, 2.45) is 5.92 Å². The molecule has 0 unspecified atom stereocenters. The molecule has 2 aliphatic rings. The van der Waals surface area contributed by atoms with Gasteiger partial charge in [-0.25, -0.2) is 4.79 Å². The summed E-state index contributed by atoms with van der Waals surface area (Å²) < 4.78 is 0. The van der Waals surface area contributed by atoms with E-state index in [1.54, 1.807) is 23.1 Å². The van der Waals surface area contributed by atoms with E-state index in [1.165, 1.54) is 5.56 Å². The summed E-state index contributed by atoms with van der Waals surface area (Å²) in [7, 11) is 0. The molecule has 1 aromatic heterocycles. The maximum atomic E-state index is 12.9. The van der Waals surface area contributed by atoms with E-state index in [4.69, 9.17) is 4.84 Å². The van der Waals surface area contributed by atoms with Gasteiger partial charge in [0.1, 0.15) is 0 Å². The van der Waals surface area contributed by atoms with Gasteiger partial charge in [0.05, 0.1) is 16.8 Å². The Balaban J connectivity index is 1.23. The van der Waals surface area contributed by atoms with Crippen molar-refractivity contribution in [3.8, 4) is 11.3 Å². The minimum absolute atomic E-state index is 0.208. The molecule has 0 N–H and O–H groups in total. The highest BCUT2D eigenvalue weighted by atomic mass is 16.7. The molecule has 2 aliphatic heterocycles. The largest absolute Gasteiger partial charge is 0.434 e.